The van der Waals surface area contributed by atoms with Crippen LogP contribution in [0.5, 0.6) is 0 Å². The average molecular weight is 459 g/mol. The summed E-state index contributed by atoms with van der Waals surface area (Å²) >= 11 is 0. The van der Waals surface area contributed by atoms with Gasteiger partial charge < -0.3 is 21.3 Å². The zero-order valence-corrected chi connectivity index (χ0v) is 22.8. The summed E-state index contributed by atoms with van der Waals surface area (Å²) in [6, 6.07) is 5.18. The van der Waals surface area contributed by atoms with Gasteiger partial charge in [-0.15, -0.1) is 0 Å². The van der Waals surface area contributed by atoms with Gasteiger partial charge in [0, 0.05) is 48.3 Å². The summed E-state index contributed by atoms with van der Waals surface area (Å²) in [6.07, 6.45) is 6.54. The average Bonchev–Trinajstić information content (AvgIpc) is 3.43. The van der Waals surface area contributed by atoms with Crippen molar-refractivity contribution in [2.75, 3.05) is 0 Å². The number of hydrogen-bond acceptors (Lipinski definition) is 4. The van der Waals surface area contributed by atoms with Crippen LogP contribution < -0.4 is 21.3 Å². The van der Waals surface area contributed by atoms with Crippen molar-refractivity contribution in [3.05, 3.63) is 0 Å². The van der Waals surface area contributed by atoms with E-state index in [9.17, 15) is 0 Å². The molecule has 5 aliphatic rings. The van der Waals surface area contributed by atoms with Crippen molar-refractivity contribution in [1.29, 1.82) is 0 Å². The van der Waals surface area contributed by atoms with E-state index in [0.29, 0.717) is 48.3 Å². The third-order valence-electron chi connectivity index (χ3n) is 12.2. The van der Waals surface area contributed by atoms with Crippen LogP contribution in [0.25, 0.3) is 0 Å². The summed E-state index contributed by atoms with van der Waals surface area (Å²) in [5, 5.41) is 16.9. The lowest BCUT2D eigenvalue weighted by Gasteiger charge is -2.29. The van der Waals surface area contributed by atoms with E-state index < -0.39 is 0 Å². The van der Waals surface area contributed by atoms with Gasteiger partial charge in [-0.1, -0.05) is 68.2 Å². The first-order chi connectivity index (χ1) is 15.7. The Kier molecular flexibility index (Phi) is 6.97. The fourth-order valence-corrected chi connectivity index (χ4v) is 9.53. The van der Waals surface area contributed by atoms with Crippen LogP contribution in [0.15, 0.2) is 0 Å². The molecule has 0 saturated carbocycles. The molecule has 5 rings (SSSR count). The van der Waals surface area contributed by atoms with Gasteiger partial charge in [0.15, 0.2) is 0 Å². The van der Waals surface area contributed by atoms with E-state index in [2.05, 4.69) is 76.7 Å². The Morgan fingerprint density at radius 3 is 1.12 bits per heavy atom. The molecular formula is C29H54N4. The molecule has 5 saturated heterocycles. The molecule has 5 aliphatic heterocycles. The normalized spacial score (nSPS) is 58.9. The van der Waals surface area contributed by atoms with Crippen LogP contribution in [0.1, 0.15) is 87.5 Å². The first kappa shape index (κ1) is 24.5. The van der Waals surface area contributed by atoms with Crippen LogP contribution in [0, 0.1) is 47.3 Å². The second-order valence-electron chi connectivity index (χ2n) is 13.4. The van der Waals surface area contributed by atoms with Crippen LogP contribution in [-0.2, 0) is 0 Å². The van der Waals surface area contributed by atoms with E-state index in [0.717, 1.165) is 47.3 Å². The SMILES string of the molecule is CCC1C2CC3NC(CC4NC(C(C)C4C)C4NC(CC(N2)C1C)C(C)C4C)C(C)C3CC. The molecule has 0 amide bonds. The van der Waals surface area contributed by atoms with Gasteiger partial charge in [-0.05, 0) is 66.6 Å². The molecule has 16 atom stereocenters. The molecule has 16 unspecified atom stereocenters. The smallest absolute Gasteiger partial charge is 0.0255 e. The predicted octanol–water partition coefficient (Wildman–Crippen LogP) is 4.40. The molecule has 4 heteroatoms. The minimum Gasteiger partial charge on any atom is -0.311 e. The van der Waals surface area contributed by atoms with Gasteiger partial charge >= 0.3 is 0 Å². The van der Waals surface area contributed by atoms with Crippen LogP contribution in [-0.4, -0.2) is 48.3 Å². The summed E-state index contributed by atoms with van der Waals surface area (Å²) in [6.45, 7) is 20.1. The topological polar surface area (TPSA) is 48.1 Å². The van der Waals surface area contributed by atoms with E-state index in [4.69, 9.17) is 0 Å². The number of nitrogens with one attached hydrogen (secondary N) is 4. The summed E-state index contributed by atoms with van der Waals surface area (Å²) in [4.78, 5) is 0. The quantitative estimate of drug-likeness (QED) is 0.495. The molecule has 8 bridgehead atoms. The highest BCUT2D eigenvalue weighted by Gasteiger charge is 2.52. The Labute approximate surface area is 204 Å². The first-order valence-electron chi connectivity index (χ1n) is 14.8. The molecule has 0 spiro atoms. The highest BCUT2D eigenvalue weighted by atomic mass is 15.1. The van der Waals surface area contributed by atoms with Crippen molar-refractivity contribution < 1.29 is 0 Å². The monoisotopic (exact) mass is 458 g/mol. The molecule has 190 valence electrons. The Hall–Kier alpha value is -0.160. The van der Waals surface area contributed by atoms with Crippen LogP contribution >= 0.6 is 0 Å². The molecule has 4 nitrogen and oxygen atoms in total. The minimum absolute atomic E-state index is 0.608. The van der Waals surface area contributed by atoms with Gasteiger partial charge in [0.05, 0.1) is 0 Å². The second kappa shape index (κ2) is 9.37. The Morgan fingerprint density at radius 1 is 0.424 bits per heavy atom. The van der Waals surface area contributed by atoms with Gasteiger partial charge in [0.2, 0.25) is 0 Å². The standard InChI is InChI=1S/C29H54N4/c1-9-20-18(7)24-11-22-14(3)16(5)28(32-22)29-17(6)15(4)23(33-29)12-25-19(8)21(10-2)27(31-25)13-26(20)30-24/h14-33H,9-13H2,1-8H3. The Balaban J connectivity index is 1.47. The number of fused-ring (bicyclic) bond motifs is 9. The van der Waals surface area contributed by atoms with E-state index >= 15 is 0 Å². The third-order valence-corrected chi connectivity index (χ3v) is 12.2. The van der Waals surface area contributed by atoms with Crippen molar-refractivity contribution in [2.45, 2.75) is 136 Å². The summed E-state index contributed by atoms with van der Waals surface area (Å²) in [5.74, 6) is 6.17. The Morgan fingerprint density at radius 2 is 0.758 bits per heavy atom. The van der Waals surface area contributed by atoms with E-state index in [1.165, 1.54) is 32.1 Å². The lowest BCUT2D eigenvalue weighted by molar-refractivity contribution is 0.283. The van der Waals surface area contributed by atoms with Gasteiger partial charge in [-0.3, -0.25) is 0 Å². The van der Waals surface area contributed by atoms with Gasteiger partial charge in [0.1, 0.15) is 0 Å². The van der Waals surface area contributed by atoms with Gasteiger partial charge in [-0.25, -0.2) is 0 Å². The van der Waals surface area contributed by atoms with Crippen molar-refractivity contribution in [3.8, 4) is 0 Å². The van der Waals surface area contributed by atoms with E-state index in [1.807, 2.05) is 0 Å². The third kappa shape index (κ3) is 4.03. The van der Waals surface area contributed by atoms with Crippen LogP contribution in [0.3, 0.4) is 0 Å². The molecule has 0 radical (unpaired) electrons. The number of rotatable bonds is 2. The minimum atomic E-state index is 0.608. The fraction of sp³-hybridized carbons (Fsp3) is 1.00. The molecule has 0 aromatic rings. The maximum atomic E-state index is 4.23. The van der Waals surface area contributed by atoms with E-state index in [-0.39, 0.29) is 0 Å². The lowest BCUT2D eigenvalue weighted by Crippen LogP contribution is -2.50. The highest BCUT2D eigenvalue weighted by Crippen LogP contribution is 2.44. The summed E-state index contributed by atoms with van der Waals surface area (Å²) in [7, 11) is 0. The molecule has 33 heavy (non-hydrogen) atoms. The first-order valence-corrected chi connectivity index (χ1v) is 14.8. The molecule has 0 aliphatic carbocycles. The maximum Gasteiger partial charge on any atom is 0.0255 e. The largest absolute Gasteiger partial charge is 0.311 e. The Bertz CT molecular complexity index is 627. The van der Waals surface area contributed by atoms with Crippen LogP contribution in [0.2, 0.25) is 0 Å². The van der Waals surface area contributed by atoms with Crippen molar-refractivity contribution in [3.63, 3.8) is 0 Å². The summed E-state index contributed by atoms with van der Waals surface area (Å²) < 4.78 is 0. The second-order valence-corrected chi connectivity index (χ2v) is 13.4. The van der Waals surface area contributed by atoms with Gasteiger partial charge in [0.25, 0.3) is 0 Å². The molecule has 5 fully saturated rings. The summed E-state index contributed by atoms with van der Waals surface area (Å²) in [5.41, 5.74) is 0. The predicted molar refractivity (Wildman–Crippen MR) is 139 cm³/mol. The maximum absolute atomic E-state index is 4.23. The lowest BCUT2D eigenvalue weighted by atomic mass is 9.78. The highest BCUT2D eigenvalue weighted by molar-refractivity contribution is 5.10. The van der Waals surface area contributed by atoms with Crippen molar-refractivity contribution in [2.24, 2.45) is 47.3 Å². The van der Waals surface area contributed by atoms with E-state index in [1.54, 1.807) is 0 Å². The zero-order chi connectivity index (χ0) is 23.6. The molecule has 0 aromatic heterocycles. The van der Waals surface area contributed by atoms with Crippen molar-refractivity contribution in [1.82, 2.24) is 21.3 Å². The fourth-order valence-electron chi connectivity index (χ4n) is 9.53. The zero-order valence-electron chi connectivity index (χ0n) is 22.8. The molecule has 0 aromatic carbocycles. The number of hydrogen-bond donors (Lipinski definition) is 4. The molecular weight excluding hydrogens is 404 g/mol. The van der Waals surface area contributed by atoms with Gasteiger partial charge in [-0.2, -0.15) is 0 Å². The molecule has 4 N–H and O–H groups in total. The molecule has 5 heterocycles. The van der Waals surface area contributed by atoms with Crippen molar-refractivity contribution >= 4 is 0 Å². The van der Waals surface area contributed by atoms with Crippen LogP contribution in [0.4, 0.5) is 0 Å².